The summed E-state index contributed by atoms with van der Waals surface area (Å²) in [5, 5.41) is 0. The maximum atomic E-state index is 3.73. The molecular weight excluding hydrogens is 462 g/mol. The minimum absolute atomic E-state index is 0. The summed E-state index contributed by atoms with van der Waals surface area (Å²) in [7, 11) is 0. The van der Waals surface area contributed by atoms with Crippen LogP contribution in [-0.2, 0) is 30.7 Å². The summed E-state index contributed by atoms with van der Waals surface area (Å²) in [5.41, 5.74) is 11.5. The Labute approximate surface area is 197 Å². The second-order valence-corrected chi connectivity index (χ2v) is 9.65. The van der Waals surface area contributed by atoms with Crippen LogP contribution in [0.25, 0.3) is 16.7 Å². The third-order valence-corrected chi connectivity index (χ3v) is 5.07. The van der Waals surface area contributed by atoms with Gasteiger partial charge in [0.2, 0.25) is 0 Å². The van der Waals surface area contributed by atoms with Gasteiger partial charge in [0.15, 0.2) is 0 Å². The van der Waals surface area contributed by atoms with Crippen molar-refractivity contribution in [1.29, 1.82) is 0 Å². The van der Waals surface area contributed by atoms with E-state index >= 15 is 0 Å². The minimum atomic E-state index is 0. The van der Waals surface area contributed by atoms with Gasteiger partial charge in [0, 0.05) is 0 Å². The predicted molar refractivity (Wildman–Crippen MR) is 125 cm³/mol. The van der Waals surface area contributed by atoms with Gasteiger partial charge in [-0.05, 0) is 31.2 Å². The van der Waals surface area contributed by atoms with Crippen molar-refractivity contribution in [2.24, 2.45) is 0 Å². The van der Waals surface area contributed by atoms with Crippen LogP contribution in [0.5, 0.6) is 0 Å². The van der Waals surface area contributed by atoms with E-state index in [4.69, 9.17) is 0 Å². The molecule has 2 aliphatic carbocycles. The van der Waals surface area contributed by atoms with E-state index in [1.807, 2.05) is 0 Å². The minimum Gasteiger partial charge on any atom is -0.147 e. The van der Waals surface area contributed by atoms with Crippen LogP contribution in [-0.4, -0.2) is 3.21 Å². The van der Waals surface area contributed by atoms with Gasteiger partial charge in [0.25, 0.3) is 0 Å². The van der Waals surface area contributed by atoms with Crippen molar-refractivity contribution >= 4 is 33.6 Å². The molecule has 0 saturated carbocycles. The summed E-state index contributed by atoms with van der Waals surface area (Å²) in [6.07, 6.45) is 6.78. The number of allylic oxidation sites excluding steroid dienone is 4. The smallest absolute Gasteiger partial charge is 0.147 e. The first kappa shape index (κ1) is 25.3. The Kier molecular flexibility index (Phi) is 10.3. The summed E-state index contributed by atoms with van der Waals surface area (Å²) in [5.74, 6) is 0. The van der Waals surface area contributed by atoms with Crippen molar-refractivity contribution < 1.29 is 24.2 Å². The van der Waals surface area contributed by atoms with E-state index in [1.54, 1.807) is 29.8 Å². The van der Waals surface area contributed by atoms with Crippen LogP contribution in [0.15, 0.2) is 53.6 Å². The standard InChI is InChI=1S/C22H21.C3H6.2ClH.Zr/c1-3-15-9-11-21(19(15)4-2)17-10-12-22-18(14-17)13-16-7-5-6-8-20(16)22;1-3-2;;;/h5-10,12H,3-4,11,13H2,1-2H3;1-2H3;2*1H;/q-1;;;;. The van der Waals surface area contributed by atoms with Crippen LogP contribution < -0.4 is 0 Å². The zero-order chi connectivity index (χ0) is 18.7. The number of hydrogen-bond acceptors (Lipinski definition) is 0. The molecule has 0 aliphatic heterocycles. The zero-order valence-corrected chi connectivity index (χ0v) is 21.3. The van der Waals surface area contributed by atoms with E-state index in [9.17, 15) is 0 Å². The molecule has 0 N–H and O–H groups in total. The van der Waals surface area contributed by atoms with Crippen LogP contribution >= 0.6 is 24.8 Å². The molecule has 0 unspecified atom stereocenters. The van der Waals surface area contributed by atoms with Gasteiger partial charge in [-0.25, -0.2) is 0 Å². The molecule has 0 fully saturated rings. The Morgan fingerprint density at radius 2 is 1.64 bits per heavy atom. The summed E-state index contributed by atoms with van der Waals surface area (Å²) in [6, 6.07) is 17.1. The normalized spacial score (nSPS) is 13.3. The number of halogens is 2. The van der Waals surface area contributed by atoms with E-state index < -0.39 is 0 Å². The molecule has 0 amide bonds. The van der Waals surface area contributed by atoms with Crippen molar-refractivity contribution in [3.63, 3.8) is 0 Å². The maximum Gasteiger partial charge on any atom is -0.147 e. The Balaban J connectivity index is 0.000000601. The molecule has 148 valence electrons. The molecule has 0 bridgehead atoms. The quantitative estimate of drug-likeness (QED) is 0.332. The fourth-order valence-corrected chi connectivity index (χ4v) is 3.97. The molecule has 2 aromatic carbocycles. The Morgan fingerprint density at radius 1 is 0.964 bits per heavy atom. The van der Waals surface area contributed by atoms with E-state index in [-0.39, 0.29) is 24.8 Å². The number of benzene rings is 2. The molecule has 2 aromatic rings. The molecule has 28 heavy (non-hydrogen) atoms. The molecule has 0 spiro atoms. The van der Waals surface area contributed by atoms with Crippen LogP contribution in [0.3, 0.4) is 0 Å². The first-order chi connectivity index (χ1) is 12.5. The van der Waals surface area contributed by atoms with Gasteiger partial charge in [-0.2, -0.15) is 0 Å². The van der Waals surface area contributed by atoms with Crippen molar-refractivity contribution in [2.45, 2.75) is 53.4 Å². The fraction of sp³-hybridized carbons (Fsp3) is 0.320. The van der Waals surface area contributed by atoms with Crippen LogP contribution in [0.4, 0.5) is 0 Å². The number of hydrogen-bond donors (Lipinski definition) is 0. The Bertz CT molecular complexity index is 903. The van der Waals surface area contributed by atoms with Gasteiger partial charge in [0.1, 0.15) is 0 Å². The van der Waals surface area contributed by atoms with Gasteiger partial charge in [-0.3, -0.25) is 0 Å². The number of rotatable bonds is 3. The van der Waals surface area contributed by atoms with Crippen LogP contribution in [0.2, 0.25) is 0 Å². The molecule has 3 heteroatoms. The summed E-state index contributed by atoms with van der Waals surface area (Å²) in [6.45, 7) is 8.78. The second kappa shape index (κ2) is 11.4. The molecule has 0 saturated heterocycles. The molecule has 0 aromatic heterocycles. The van der Waals surface area contributed by atoms with Crippen LogP contribution in [0.1, 0.15) is 63.6 Å². The fourth-order valence-electron chi connectivity index (χ4n) is 3.97. The second-order valence-electron chi connectivity index (χ2n) is 7.20. The molecule has 2 aliphatic rings. The van der Waals surface area contributed by atoms with E-state index in [0.29, 0.717) is 0 Å². The Morgan fingerprint density at radius 3 is 2.29 bits per heavy atom. The predicted octanol–water partition coefficient (Wildman–Crippen LogP) is 7.55. The largest absolute Gasteiger partial charge is 0.147 e. The molecule has 0 heterocycles. The molecular formula is C25H29Cl2Zr-. The average molecular weight is 492 g/mol. The third kappa shape index (κ3) is 5.44. The molecule has 0 nitrogen and oxygen atoms in total. The van der Waals surface area contributed by atoms with E-state index in [1.165, 1.54) is 42.2 Å². The number of fused-ring (bicyclic) bond motifs is 3. The van der Waals surface area contributed by atoms with Crippen LogP contribution in [0, 0.1) is 6.07 Å². The van der Waals surface area contributed by atoms with Gasteiger partial charge < -0.3 is 0 Å². The monoisotopic (exact) mass is 489 g/mol. The summed E-state index contributed by atoms with van der Waals surface area (Å²) < 4.78 is 1.51. The average Bonchev–Trinajstić information content (AvgIpc) is 3.21. The van der Waals surface area contributed by atoms with E-state index in [2.05, 4.69) is 76.2 Å². The first-order valence-corrected chi connectivity index (χ1v) is 10.8. The topological polar surface area (TPSA) is 0 Å². The molecule has 4 rings (SSSR count). The third-order valence-electron chi connectivity index (χ3n) is 5.07. The van der Waals surface area contributed by atoms with Crippen molar-refractivity contribution in [2.75, 3.05) is 0 Å². The maximum absolute atomic E-state index is 3.73. The zero-order valence-electron chi connectivity index (χ0n) is 17.2. The molecule has 0 atom stereocenters. The summed E-state index contributed by atoms with van der Waals surface area (Å²) >= 11 is 1.55. The summed E-state index contributed by atoms with van der Waals surface area (Å²) in [4.78, 5) is 0. The van der Waals surface area contributed by atoms with Crippen molar-refractivity contribution in [3.8, 4) is 11.1 Å². The van der Waals surface area contributed by atoms with Gasteiger partial charge >= 0.3 is 41.3 Å². The molecule has 0 radical (unpaired) electrons. The first-order valence-electron chi connectivity index (χ1n) is 9.62. The SMILES string of the molecule is CCC1=CCC(c2[c-]c3c(cc2)-c2ccccc2C3)=C1CC.C[C](C)=[Zr].Cl.Cl. The van der Waals surface area contributed by atoms with Gasteiger partial charge in [-0.1, -0.05) is 66.5 Å². The Hall–Kier alpha value is -0.747. The van der Waals surface area contributed by atoms with Gasteiger partial charge in [-0.15, -0.1) is 59.7 Å². The van der Waals surface area contributed by atoms with Crippen molar-refractivity contribution in [1.82, 2.24) is 0 Å². The van der Waals surface area contributed by atoms with Crippen molar-refractivity contribution in [3.05, 3.63) is 76.4 Å². The van der Waals surface area contributed by atoms with Gasteiger partial charge in [0.05, 0.1) is 0 Å². The van der Waals surface area contributed by atoms with E-state index in [0.717, 1.165) is 25.7 Å².